The lowest BCUT2D eigenvalue weighted by Gasteiger charge is -2.24. The first-order valence-corrected chi connectivity index (χ1v) is 8.89. The highest BCUT2D eigenvalue weighted by molar-refractivity contribution is 5.61. The molecule has 29 heavy (non-hydrogen) atoms. The molecule has 8 heteroatoms. The number of ether oxygens (including phenoxy) is 1. The normalized spacial score (nSPS) is 15.4. The number of hydrogen-bond acceptors (Lipinski definition) is 6. The van der Waals surface area contributed by atoms with Gasteiger partial charge in [-0.05, 0) is 26.0 Å². The summed E-state index contributed by atoms with van der Waals surface area (Å²) in [6, 6.07) is 16.1. The van der Waals surface area contributed by atoms with Crippen LogP contribution in [0, 0.1) is 35.3 Å². The molecular weight excluding hydrogens is 370 g/mol. The fraction of sp³-hybridized carbons (Fsp3) is 0.143. The highest BCUT2D eigenvalue weighted by Crippen LogP contribution is 2.46. The van der Waals surface area contributed by atoms with Crippen molar-refractivity contribution in [3.63, 3.8) is 0 Å². The number of aryl methyl sites for hydroxylation is 2. The summed E-state index contributed by atoms with van der Waals surface area (Å²) in [6.45, 7) is 3.76. The summed E-state index contributed by atoms with van der Waals surface area (Å²) >= 11 is 0. The molecule has 0 saturated carbocycles. The van der Waals surface area contributed by atoms with Gasteiger partial charge in [-0.1, -0.05) is 35.9 Å². The van der Waals surface area contributed by atoms with Crippen LogP contribution in [0.25, 0.3) is 5.69 Å². The molecule has 1 aliphatic heterocycles. The number of aromatic nitrogens is 2. The maximum Gasteiger partial charge on any atom is 0.273 e. The van der Waals surface area contributed by atoms with Crippen LogP contribution in [0.4, 0.5) is 5.69 Å². The van der Waals surface area contributed by atoms with Gasteiger partial charge in [0.05, 0.1) is 27.8 Å². The van der Waals surface area contributed by atoms with Crippen molar-refractivity contribution >= 4 is 5.69 Å². The molecule has 0 amide bonds. The number of nitrogens with zero attached hydrogens (tertiary/aromatic N) is 4. The van der Waals surface area contributed by atoms with Crippen molar-refractivity contribution in [3.8, 4) is 17.6 Å². The van der Waals surface area contributed by atoms with E-state index in [0.717, 1.165) is 11.3 Å². The minimum atomic E-state index is -0.746. The van der Waals surface area contributed by atoms with Crippen molar-refractivity contribution < 1.29 is 9.66 Å². The van der Waals surface area contributed by atoms with Gasteiger partial charge in [-0.2, -0.15) is 10.4 Å². The lowest BCUT2D eigenvalue weighted by atomic mass is 9.83. The number of rotatable bonds is 3. The van der Waals surface area contributed by atoms with Crippen molar-refractivity contribution in [1.82, 2.24) is 9.78 Å². The Labute approximate surface area is 166 Å². The van der Waals surface area contributed by atoms with E-state index in [0.29, 0.717) is 22.7 Å². The Morgan fingerprint density at radius 2 is 1.90 bits per heavy atom. The van der Waals surface area contributed by atoms with E-state index >= 15 is 0 Å². The second-order valence-electron chi connectivity index (χ2n) is 6.79. The van der Waals surface area contributed by atoms with E-state index < -0.39 is 10.8 Å². The fourth-order valence-electron chi connectivity index (χ4n) is 3.58. The van der Waals surface area contributed by atoms with E-state index in [4.69, 9.17) is 10.5 Å². The van der Waals surface area contributed by atoms with Gasteiger partial charge in [-0.25, -0.2) is 4.68 Å². The third-order valence-electron chi connectivity index (χ3n) is 4.96. The topological polar surface area (TPSA) is 120 Å². The Morgan fingerprint density at radius 1 is 1.21 bits per heavy atom. The fourth-order valence-corrected chi connectivity index (χ4v) is 3.58. The summed E-state index contributed by atoms with van der Waals surface area (Å²) in [7, 11) is 0. The molecule has 1 aromatic heterocycles. The van der Waals surface area contributed by atoms with E-state index in [1.807, 2.05) is 31.2 Å². The molecule has 3 aromatic rings. The monoisotopic (exact) mass is 387 g/mol. The molecule has 0 radical (unpaired) electrons. The van der Waals surface area contributed by atoms with Crippen LogP contribution in [0.3, 0.4) is 0 Å². The molecule has 1 atom stereocenters. The molecule has 2 N–H and O–H groups in total. The highest BCUT2D eigenvalue weighted by Gasteiger charge is 2.39. The lowest BCUT2D eigenvalue weighted by molar-refractivity contribution is -0.385. The van der Waals surface area contributed by atoms with E-state index in [1.165, 1.54) is 6.07 Å². The van der Waals surface area contributed by atoms with E-state index in [-0.39, 0.29) is 17.1 Å². The first-order valence-electron chi connectivity index (χ1n) is 8.89. The summed E-state index contributed by atoms with van der Waals surface area (Å²) in [6.07, 6.45) is 0. The van der Waals surface area contributed by atoms with Crippen LogP contribution in [-0.4, -0.2) is 14.7 Å². The number of hydrogen-bond donors (Lipinski definition) is 1. The molecule has 4 rings (SSSR count). The molecule has 0 bridgehead atoms. The SMILES string of the molecule is Cc1ccc(-n2nc(C)c3c2OC(N)=C(C#N)[C@@H]3c2ccccc2[N+](=O)[O-])cc1. The van der Waals surface area contributed by atoms with Gasteiger partial charge >= 0.3 is 0 Å². The second kappa shape index (κ2) is 6.80. The Balaban J connectivity index is 1.99. The zero-order valence-corrected chi connectivity index (χ0v) is 15.8. The predicted molar refractivity (Wildman–Crippen MR) is 105 cm³/mol. The molecule has 0 aliphatic carbocycles. The summed E-state index contributed by atoms with van der Waals surface area (Å²) in [4.78, 5) is 11.2. The molecule has 2 heterocycles. The molecule has 1 aliphatic rings. The Morgan fingerprint density at radius 3 is 2.55 bits per heavy atom. The average molecular weight is 387 g/mol. The number of allylic oxidation sites excluding steroid dienone is 1. The van der Waals surface area contributed by atoms with E-state index in [9.17, 15) is 15.4 Å². The van der Waals surface area contributed by atoms with Gasteiger partial charge in [0.2, 0.25) is 11.8 Å². The molecule has 0 fully saturated rings. The van der Waals surface area contributed by atoms with Crippen molar-refractivity contribution in [3.05, 3.63) is 92.5 Å². The van der Waals surface area contributed by atoms with Crippen LogP contribution in [0.15, 0.2) is 60.0 Å². The maximum atomic E-state index is 11.6. The molecule has 8 nitrogen and oxygen atoms in total. The molecule has 2 aromatic carbocycles. The summed E-state index contributed by atoms with van der Waals surface area (Å²) in [5.41, 5.74) is 9.51. The zero-order chi connectivity index (χ0) is 20.7. The Kier molecular flexibility index (Phi) is 4.28. The number of nitrogens with two attached hydrogens (primary N) is 1. The maximum absolute atomic E-state index is 11.6. The predicted octanol–water partition coefficient (Wildman–Crippen LogP) is 3.62. The smallest absolute Gasteiger partial charge is 0.273 e. The summed E-state index contributed by atoms with van der Waals surface area (Å²) in [5.74, 6) is -0.480. The summed E-state index contributed by atoms with van der Waals surface area (Å²) < 4.78 is 7.39. The highest BCUT2D eigenvalue weighted by atomic mass is 16.6. The summed E-state index contributed by atoms with van der Waals surface area (Å²) in [5, 5.41) is 25.9. The zero-order valence-electron chi connectivity index (χ0n) is 15.8. The number of benzene rings is 2. The van der Waals surface area contributed by atoms with Crippen molar-refractivity contribution in [2.45, 2.75) is 19.8 Å². The van der Waals surface area contributed by atoms with Crippen molar-refractivity contribution in [1.29, 1.82) is 5.26 Å². The molecule has 0 unspecified atom stereocenters. The minimum absolute atomic E-state index is 0.0867. The Bertz CT molecular complexity index is 1200. The van der Waals surface area contributed by atoms with Crippen LogP contribution in [0.5, 0.6) is 5.88 Å². The van der Waals surface area contributed by atoms with Crippen LogP contribution in [0.2, 0.25) is 0 Å². The number of nitro groups is 1. The first-order chi connectivity index (χ1) is 13.9. The van der Waals surface area contributed by atoms with Crippen LogP contribution < -0.4 is 10.5 Å². The third-order valence-corrected chi connectivity index (χ3v) is 4.96. The number of fused-ring (bicyclic) bond motifs is 1. The molecule has 0 saturated heterocycles. The van der Waals surface area contributed by atoms with Gasteiger partial charge in [0, 0.05) is 11.6 Å². The minimum Gasteiger partial charge on any atom is -0.422 e. The van der Waals surface area contributed by atoms with Crippen molar-refractivity contribution in [2.24, 2.45) is 5.73 Å². The number of nitro benzene ring substituents is 1. The Hall–Kier alpha value is -4.12. The van der Waals surface area contributed by atoms with Gasteiger partial charge in [-0.15, -0.1) is 0 Å². The standard InChI is InChI=1S/C21H17N5O3/c1-12-7-9-14(10-8-12)25-21-18(13(2)24-25)19(16(11-22)20(23)29-21)15-5-3-4-6-17(15)26(27)28/h3-10,19H,23H2,1-2H3/t19-/m0/s1. The first kappa shape index (κ1) is 18.3. The van der Waals surface area contributed by atoms with Crippen LogP contribution in [-0.2, 0) is 0 Å². The lowest BCUT2D eigenvalue weighted by Crippen LogP contribution is -2.22. The molecular formula is C21H17N5O3. The largest absolute Gasteiger partial charge is 0.422 e. The second-order valence-corrected chi connectivity index (χ2v) is 6.79. The van der Waals surface area contributed by atoms with Gasteiger partial charge < -0.3 is 10.5 Å². The van der Waals surface area contributed by atoms with Gasteiger partial charge in [-0.3, -0.25) is 10.1 Å². The van der Waals surface area contributed by atoms with Crippen LogP contribution >= 0.6 is 0 Å². The van der Waals surface area contributed by atoms with Crippen LogP contribution in [0.1, 0.15) is 28.3 Å². The number of nitriles is 1. The number of para-hydroxylation sites is 1. The average Bonchev–Trinajstić information content (AvgIpc) is 3.03. The molecule has 0 spiro atoms. The quantitative estimate of drug-likeness (QED) is 0.541. The van der Waals surface area contributed by atoms with E-state index in [2.05, 4.69) is 11.2 Å². The van der Waals surface area contributed by atoms with E-state index in [1.54, 1.807) is 29.8 Å². The van der Waals surface area contributed by atoms with Crippen molar-refractivity contribution in [2.75, 3.05) is 0 Å². The van der Waals surface area contributed by atoms with Gasteiger partial charge in [0.1, 0.15) is 11.6 Å². The molecule has 144 valence electrons. The van der Waals surface area contributed by atoms with Gasteiger partial charge in [0.25, 0.3) is 5.69 Å². The van der Waals surface area contributed by atoms with Gasteiger partial charge in [0.15, 0.2) is 0 Å². The third kappa shape index (κ3) is 2.89.